The van der Waals surface area contributed by atoms with E-state index in [1.807, 2.05) is 0 Å². The van der Waals surface area contributed by atoms with Crippen LogP contribution in [0.5, 0.6) is 11.5 Å². The number of ether oxygens (including phenoxy) is 2. The van der Waals surface area contributed by atoms with Crippen molar-refractivity contribution in [2.24, 2.45) is 0 Å². The summed E-state index contributed by atoms with van der Waals surface area (Å²) in [6, 6.07) is 12.2. The molecule has 11 heteroatoms. The van der Waals surface area contributed by atoms with Crippen molar-refractivity contribution in [1.29, 1.82) is 0 Å². The van der Waals surface area contributed by atoms with E-state index in [0.29, 0.717) is 40.1 Å². The van der Waals surface area contributed by atoms with Crippen LogP contribution in [0.3, 0.4) is 0 Å². The number of carbonyl (C=O) groups excluding carboxylic acids is 2. The molecule has 0 fully saturated rings. The number of thioether (sulfide) groups is 1. The van der Waals surface area contributed by atoms with E-state index >= 15 is 0 Å². The Kier molecular flexibility index (Phi) is 7.44. The highest BCUT2D eigenvalue weighted by Gasteiger charge is 2.16. The SMILES string of the molecule is CCC(=O)Nc1ccc(NC(=O)CSc2nnnn2-c2cc(OC)ccc2OC)cc1. The summed E-state index contributed by atoms with van der Waals surface area (Å²) in [4.78, 5) is 23.8. The summed E-state index contributed by atoms with van der Waals surface area (Å²) in [6.45, 7) is 1.78. The summed E-state index contributed by atoms with van der Waals surface area (Å²) in [5.74, 6) is 0.996. The number of amides is 2. The van der Waals surface area contributed by atoms with Crippen molar-refractivity contribution in [3.8, 4) is 17.2 Å². The molecule has 3 rings (SSSR count). The van der Waals surface area contributed by atoms with Crippen LogP contribution in [0.2, 0.25) is 0 Å². The lowest BCUT2D eigenvalue weighted by Crippen LogP contribution is -2.15. The van der Waals surface area contributed by atoms with Gasteiger partial charge >= 0.3 is 0 Å². The number of hydrogen-bond donors (Lipinski definition) is 2. The van der Waals surface area contributed by atoms with Crippen LogP contribution in [0.1, 0.15) is 13.3 Å². The van der Waals surface area contributed by atoms with E-state index in [1.165, 1.54) is 16.4 Å². The molecule has 2 aromatic carbocycles. The molecule has 2 amide bonds. The monoisotopic (exact) mass is 442 g/mol. The fourth-order valence-corrected chi connectivity index (χ4v) is 3.28. The molecule has 0 atom stereocenters. The quantitative estimate of drug-likeness (QED) is 0.486. The van der Waals surface area contributed by atoms with Gasteiger partial charge in [-0.15, -0.1) is 5.10 Å². The van der Waals surface area contributed by atoms with Gasteiger partial charge < -0.3 is 20.1 Å². The Morgan fingerprint density at radius 2 is 1.68 bits per heavy atom. The number of nitrogens with zero attached hydrogens (tertiary/aromatic N) is 4. The number of tetrazole rings is 1. The van der Waals surface area contributed by atoms with Gasteiger partial charge in [-0.2, -0.15) is 4.68 Å². The largest absolute Gasteiger partial charge is 0.497 e. The van der Waals surface area contributed by atoms with Crippen LogP contribution in [-0.2, 0) is 9.59 Å². The first kappa shape index (κ1) is 22.1. The van der Waals surface area contributed by atoms with Crippen molar-refractivity contribution >= 4 is 35.0 Å². The highest BCUT2D eigenvalue weighted by atomic mass is 32.2. The smallest absolute Gasteiger partial charge is 0.234 e. The molecule has 1 heterocycles. The summed E-state index contributed by atoms with van der Waals surface area (Å²) in [5.41, 5.74) is 1.89. The van der Waals surface area contributed by atoms with Crippen molar-refractivity contribution in [3.05, 3.63) is 42.5 Å². The normalized spacial score (nSPS) is 10.4. The second kappa shape index (κ2) is 10.4. The van der Waals surface area contributed by atoms with Crippen molar-refractivity contribution in [2.75, 3.05) is 30.6 Å². The molecule has 10 nitrogen and oxygen atoms in total. The van der Waals surface area contributed by atoms with Gasteiger partial charge in [-0.3, -0.25) is 9.59 Å². The molecule has 0 saturated carbocycles. The lowest BCUT2D eigenvalue weighted by molar-refractivity contribution is -0.116. The average Bonchev–Trinajstić information content (AvgIpc) is 3.27. The van der Waals surface area contributed by atoms with Crippen LogP contribution in [0.15, 0.2) is 47.6 Å². The van der Waals surface area contributed by atoms with Gasteiger partial charge in [0.15, 0.2) is 0 Å². The fraction of sp³-hybridized carbons (Fsp3) is 0.250. The summed E-state index contributed by atoms with van der Waals surface area (Å²) in [6.07, 6.45) is 0.400. The number of carbonyl (C=O) groups is 2. The minimum absolute atomic E-state index is 0.0708. The predicted octanol–water partition coefficient (Wildman–Crippen LogP) is 2.76. The molecule has 2 N–H and O–H groups in total. The number of rotatable bonds is 9. The van der Waals surface area contributed by atoms with E-state index in [0.717, 1.165) is 0 Å². The first-order valence-electron chi connectivity index (χ1n) is 9.37. The molecule has 3 aromatic rings. The molecule has 0 aliphatic rings. The molecule has 0 spiro atoms. The molecule has 0 saturated heterocycles. The first-order chi connectivity index (χ1) is 15.0. The van der Waals surface area contributed by atoms with E-state index in [2.05, 4.69) is 26.2 Å². The third-order valence-electron chi connectivity index (χ3n) is 4.16. The number of aromatic nitrogens is 4. The van der Waals surface area contributed by atoms with Gasteiger partial charge in [0.1, 0.15) is 17.2 Å². The fourth-order valence-electron chi connectivity index (χ4n) is 2.60. The third kappa shape index (κ3) is 5.72. The Bertz CT molecular complexity index is 1050. The molecule has 0 radical (unpaired) electrons. The Hall–Kier alpha value is -3.60. The zero-order chi connectivity index (χ0) is 22.2. The average molecular weight is 443 g/mol. The van der Waals surface area contributed by atoms with Crippen LogP contribution < -0.4 is 20.1 Å². The van der Waals surface area contributed by atoms with Crippen molar-refractivity contribution < 1.29 is 19.1 Å². The van der Waals surface area contributed by atoms with Crippen LogP contribution in [-0.4, -0.2) is 52.0 Å². The van der Waals surface area contributed by atoms with Crippen LogP contribution in [0.4, 0.5) is 11.4 Å². The lowest BCUT2D eigenvalue weighted by Gasteiger charge is -2.11. The number of hydrogen-bond acceptors (Lipinski definition) is 8. The van der Waals surface area contributed by atoms with Gasteiger partial charge in [0.05, 0.1) is 20.0 Å². The Labute approximate surface area is 183 Å². The Balaban J connectivity index is 1.63. The topological polar surface area (TPSA) is 120 Å². The second-order valence-electron chi connectivity index (χ2n) is 6.23. The number of methoxy groups -OCH3 is 2. The Morgan fingerprint density at radius 3 is 2.29 bits per heavy atom. The van der Waals surface area contributed by atoms with E-state index in [4.69, 9.17) is 9.47 Å². The maximum Gasteiger partial charge on any atom is 0.234 e. The maximum absolute atomic E-state index is 12.4. The third-order valence-corrected chi connectivity index (χ3v) is 5.08. The van der Waals surface area contributed by atoms with E-state index in [-0.39, 0.29) is 17.6 Å². The number of nitrogens with one attached hydrogen (secondary N) is 2. The maximum atomic E-state index is 12.4. The highest BCUT2D eigenvalue weighted by Crippen LogP contribution is 2.29. The number of benzene rings is 2. The lowest BCUT2D eigenvalue weighted by atomic mass is 10.2. The van der Waals surface area contributed by atoms with Crippen LogP contribution in [0, 0.1) is 0 Å². The molecule has 0 unspecified atom stereocenters. The summed E-state index contributed by atoms with van der Waals surface area (Å²) >= 11 is 1.18. The highest BCUT2D eigenvalue weighted by molar-refractivity contribution is 7.99. The number of anilines is 2. The molecule has 1 aromatic heterocycles. The minimum Gasteiger partial charge on any atom is -0.497 e. The second-order valence-corrected chi connectivity index (χ2v) is 7.17. The van der Waals surface area contributed by atoms with Crippen molar-refractivity contribution in [1.82, 2.24) is 20.2 Å². The molecule has 0 aliphatic heterocycles. The van der Waals surface area contributed by atoms with Crippen LogP contribution >= 0.6 is 11.8 Å². The van der Waals surface area contributed by atoms with E-state index in [9.17, 15) is 9.59 Å². The Morgan fingerprint density at radius 1 is 1.00 bits per heavy atom. The van der Waals surface area contributed by atoms with Crippen molar-refractivity contribution in [3.63, 3.8) is 0 Å². The molecular weight excluding hydrogens is 420 g/mol. The molecule has 31 heavy (non-hydrogen) atoms. The molecule has 0 bridgehead atoms. The zero-order valence-electron chi connectivity index (χ0n) is 17.3. The molecule has 0 aliphatic carbocycles. The molecular formula is C20H22N6O4S. The summed E-state index contributed by atoms with van der Waals surface area (Å²) in [5, 5.41) is 17.7. The standard InChI is InChI=1S/C20H22N6O4S/c1-4-18(27)21-13-5-7-14(8-6-13)22-19(28)12-31-20-23-24-25-26(20)16-11-15(29-2)9-10-17(16)30-3/h5-11H,4,12H2,1-3H3,(H,21,27)(H,22,28). The van der Waals surface area contributed by atoms with Gasteiger partial charge in [0, 0.05) is 23.9 Å². The summed E-state index contributed by atoms with van der Waals surface area (Å²) in [7, 11) is 3.12. The molecule has 162 valence electrons. The van der Waals surface area contributed by atoms with Crippen molar-refractivity contribution in [2.45, 2.75) is 18.5 Å². The van der Waals surface area contributed by atoms with Crippen LogP contribution in [0.25, 0.3) is 5.69 Å². The van der Waals surface area contributed by atoms with E-state index in [1.54, 1.807) is 63.6 Å². The van der Waals surface area contributed by atoms with Gasteiger partial charge in [-0.25, -0.2) is 0 Å². The van der Waals surface area contributed by atoms with Gasteiger partial charge in [-0.1, -0.05) is 18.7 Å². The minimum atomic E-state index is -0.220. The zero-order valence-corrected chi connectivity index (χ0v) is 18.1. The van der Waals surface area contributed by atoms with Gasteiger partial charge in [0.2, 0.25) is 17.0 Å². The van der Waals surface area contributed by atoms with E-state index < -0.39 is 0 Å². The first-order valence-corrected chi connectivity index (χ1v) is 10.4. The van der Waals surface area contributed by atoms with Gasteiger partial charge in [-0.05, 0) is 46.8 Å². The predicted molar refractivity (Wildman–Crippen MR) is 117 cm³/mol. The van der Waals surface area contributed by atoms with Gasteiger partial charge in [0.25, 0.3) is 0 Å². The summed E-state index contributed by atoms with van der Waals surface area (Å²) < 4.78 is 12.1.